The molecular formula is C19H25ClN2O3. The number of esters is 1. The molecule has 6 heteroatoms. The summed E-state index contributed by atoms with van der Waals surface area (Å²) in [6, 6.07) is 2.10. The molecule has 2 fully saturated rings. The van der Waals surface area contributed by atoms with E-state index in [-0.39, 0.29) is 23.2 Å². The van der Waals surface area contributed by atoms with Crippen molar-refractivity contribution < 1.29 is 14.3 Å². The largest absolute Gasteiger partial charge is 0.452 e. The molecular weight excluding hydrogens is 340 g/mol. The van der Waals surface area contributed by atoms with Gasteiger partial charge in [-0.2, -0.15) is 0 Å². The van der Waals surface area contributed by atoms with Crippen LogP contribution in [0.3, 0.4) is 0 Å². The van der Waals surface area contributed by atoms with Gasteiger partial charge in [-0.1, -0.05) is 24.4 Å². The third-order valence-electron chi connectivity index (χ3n) is 5.39. The highest BCUT2D eigenvalue weighted by molar-refractivity contribution is 6.32. The molecule has 0 bridgehead atoms. The standard InChI is InChI=1S/C19H25ClN2O3/c1-12-10-13(2)21-18(20)17(12)19(24)25-11-16(23)22-9-5-7-14-6-3-4-8-15(14)22/h10,14-15H,3-9,11H2,1-2H3/t14-,15-/m1/s1. The van der Waals surface area contributed by atoms with E-state index in [4.69, 9.17) is 16.3 Å². The van der Waals surface area contributed by atoms with Crippen LogP contribution in [0, 0.1) is 19.8 Å². The van der Waals surface area contributed by atoms with Crippen LogP contribution in [-0.4, -0.2) is 41.0 Å². The first-order valence-corrected chi connectivity index (χ1v) is 9.45. The second-order valence-corrected chi connectivity index (χ2v) is 7.52. The zero-order valence-corrected chi connectivity index (χ0v) is 15.6. The average molecular weight is 365 g/mol. The first kappa shape index (κ1) is 18.2. The predicted molar refractivity (Wildman–Crippen MR) is 95.7 cm³/mol. The summed E-state index contributed by atoms with van der Waals surface area (Å²) in [4.78, 5) is 31.0. The quantitative estimate of drug-likeness (QED) is 0.606. The molecule has 2 atom stereocenters. The Labute approximate surface area is 153 Å². The van der Waals surface area contributed by atoms with Gasteiger partial charge in [0, 0.05) is 18.3 Å². The molecule has 1 amide bonds. The van der Waals surface area contributed by atoms with E-state index in [0.29, 0.717) is 17.5 Å². The van der Waals surface area contributed by atoms with Crippen molar-refractivity contribution in [3.63, 3.8) is 0 Å². The fourth-order valence-corrected chi connectivity index (χ4v) is 4.61. The van der Waals surface area contributed by atoms with Crippen molar-refractivity contribution >= 4 is 23.5 Å². The molecule has 136 valence electrons. The SMILES string of the molecule is Cc1cc(C)c(C(=O)OCC(=O)N2CCC[C@H]3CCCC[C@H]32)c(Cl)n1. The molecule has 25 heavy (non-hydrogen) atoms. The molecule has 2 aliphatic rings. The van der Waals surface area contributed by atoms with E-state index in [2.05, 4.69) is 4.98 Å². The Kier molecular flexibility index (Phi) is 5.62. The molecule has 1 aromatic heterocycles. The van der Waals surface area contributed by atoms with Crippen LogP contribution in [0.15, 0.2) is 6.07 Å². The number of fused-ring (bicyclic) bond motifs is 1. The van der Waals surface area contributed by atoms with Crippen LogP contribution in [0.1, 0.15) is 60.1 Å². The van der Waals surface area contributed by atoms with Gasteiger partial charge in [0.05, 0.1) is 5.56 Å². The molecule has 1 saturated carbocycles. The Hall–Kier alpha value is -1.62. The van der Waals surface area contributed by atoms with Crippen molar-refractivity contribution in [2.45, 2.75) is 58.4 Å². The Bertz CT molecular complexity index is 652. The monoisotopic (exact) mass is 364 g/mol. The first-order valence-electron chi connectivity index (χ1n) is 9.07. The number of ether oxygens (including phenoxy) is 1. The van der Waals surface area contributed by atoms with E-state index in [9.17, 15) is 9.59 Å². The summed E-state index contributed by atoms with van der Waals surface area (Å²) in [6.45, 7) is 4.14. The van der Waals surface area contributed by atoms with Crippen molar-refractivity contribution in [1.29, 1.82) is 0 Å². The Morgan fingerprint density at radius 2 is 1.96 bits per heavy atom. The van der Waals surface area contributed by atoms with Gasteiger partial charge >= 0.3 is 5.97 Å². The molecule has 1 aliphatic heterocycles. The minimum atomic E-state index is -0.583. The smallest absolute Gasteiger partial charge is 0.342 e. The molecule has 5 nitrogen and oxygen atoms in total. The molecule has 1 aromatic rings. The topological polar surface area (TPSA) is 59.5 Å². The molecule has 1 saturated heterocycles. The molecule has 1 aliphatic carbocycles. The molecule has 0 unspecified atom stereocenters. The molecule has 0 aromatic carbocycles. The van der Waals surface area contributed by atoms with Crippen molar-refractivity contribution in [3.05, 3.63) is 28.0 Å². The van der Waals surface area contributed by atoms with E-state index in [1.54, 1.807) is 13.0 Å². The number of pyridine rings is 1. The van der Waals surface area contributed by atoms with Crippen molar-refractivity contribution in [3.8, 4) is 0 Å². The van der Waals surface area contributed by atoms with Crippen LogP contribution in [0.2, 0.25) is 5.15 Å². The van der Waals surface area contributed by atoms with Crippen LogP contribution in [0.5, 0.6) is 0 Å². The zero-order chi connectivity index (χ0) is 18.0. The summed E-state index contributed by atoms with van der Waals surface area (Å²) in [5.41, 5.74) is 1.70. The second-order valence-electron chi connectivity index (χ2n) is 7.16. The summed E-state index contributed by atoms with van der Waals surface area (Å²) >= 11 is 6.08. The van der Waals surface area contributed by atoms with E-state index in [0.717, 1.165) is 25.1 Å². The van der Waals surface area contributed by atoms with Gasteiger partial charge in [-0.15, -0.1) is 0 Å². The number of carbonyl (C=O) groups is 2. The lowest BCUT2D eigenvalue weighted by atomic mass is 9.78. The van der Waals surface area contributed by atoms with Crippen molar-refractivity contribution in [1.82, 2.24) is 9.88 Å². The van der Waals surface area contributed by atoms with Crippen molar-refractivity contribution in [2.24, 2.45) is 5.92 Å². The number of rotatable bonds is 3. The van der Waals surface area contributed by atoms with Gasteiger partial charge in [-0.3, -0.25) is 4.79 Å². The molecule has 3 rings (SSSR count). The fourth-order valence-electron chi connectivity index (χ4n) is 4.25. The third-order valence-corrected chi connectivity index (χ3v) is 5.67. The van der Waals surface area contributed by atoms with E-state index in [1.165, 1.54) is 25.7 Å². The van der Waals surface area contributed by atoms with Gasteiger partial charge in [0.15, 0.2) is 6.61 Å². The number of amides is 1. The number of likely N-dealkylation sites (tertiary alicyclic amines) is 1. The van der Waals surface area contributed by atoms with Crippen molar-refractivity contribution in [2.75, 3.05) is 13.2 Å². The average Bonchev–Trinajstić information content (AvgIpc) is 2.58. The van der Waals surface area contributed by atoms with E-state index < -0.39 is 5.97 Å². The Morgan fingerprint density at radius 1 is 1.24 bits per heavy atom. The zero-order valence-electron chi connectivity index (χ0n) is 14.9. The molecule has 0 N–H and O–H groups in total. The number of halogens is 1. The third kappa shape index (κ3) is 3.97. The second kappa shape index (κ2) is 7.73. The summed E-state index contributed by atoms with van der Waals surface area (Å²) in [5, 5.41) is 0.125. The van der Waals surface area contributed by atoms with Gasteiger partial charge in [0.1, 0.15) is 5.15 Å². The predicted octanol–water partition coefficient (Wildman–Crippen LogP) is 3.69. The van der Waals surface area contributed by atoms with Gasteiger partial charge in [0.2, 0.25) is 0 Å². The van der Waals surface area contributed by atoms with Crippen LogP contribution >= 0.6 is 11.6 Å². The number of aryl methyl sites for hydroxylation is 2. The highest BCUT2D eigenvalue weighted by Gasteiger charge is 2.35. The maximum atomic E-state index is 12.6. The van der Waals surface area contributed by atoms with Gasteiger partial charge in [-0.05, 0) is 57.1 Å². The summed E-state index contributed by atoms with van der Waals surface area (Å²) in [6.07, 6.45) is 6.95. The Balaban J connectivity index is 1.63. The number of hydrogen-bond donors (Lipinski definition) is 0. The summed E-state index contributed by atoms with van der Waals surface area (Å²) < 4.78 is 5.27. The van der Waals surface area contributed by atoms with Gasteiger partial charge in [0.25, 0.3) is 5.91 Å². The fraction of sp³-hybridized carbons (Fsp3) is 0.632. The van der Waals surface area contributed by atoms with E-state index >= 15 is 0 Å². The minimum absolute atomic E-state index is 0.0983. The van der Waals surface area contributed by atoms with E-state index in [1.807, 2.05) is 11.8 Å². The van der Waals surface area contributed by atoms with Crippen LogP contribution in [-0.2, 0) is 9.53 Å². The number of hydrogen-bond acceptors (Lipinski definition) is 4. The lowest BCUT2D eigenvalue weighted by Crippen LogP contribution is -2.50. The van der Waals surface area contributed by atoms with Crippen LogP contribution in [0.4, 0.5) is 0 Å². The van der Waals surface area contributed by atoms with Crippen LogP contribution < -0.4 is 0 Å². The molecule has 0 spiro atoms. The lowest BCUT2D eigenvalue weighted by Gasteiger charge is -2.44. The highest BCUT2D eigenvalue weighted by Crippen LogP contribution is 2.35. The summed E-state index contributed by atoms with van der Waals surface area (Å²) in [5.74, 6) is -0.0699. The maximum Gasteiger partial charge on any atom is 0.342 e. The number of nitrogens with zero attached hydrogens (tertiary/aromatic N) is 2. The number of piperidine rings is 1. The molecule has 2 heterocycles. The van der Waals surface area contributed by atoms with Gasteiger partial charge in [-0.25, -0.2) is 9.78 Å². The van der Waals surface area contributed by atoms with Gasteiger partial charge < -0.3 is 9.64 Å². The first-order chi connectivity index (χ1) is 12.0. The molecule has 0 radical (unpaired) electrons. The highest BCUT2D eigenvalue weighted by atomic mass is 35.5. The lowest BCUT2D eigenvalue weighted by molar-refractivity contribution is -0.140. The Morgan fingerprint density at radius 3 is 2.72 bits per heavy atom. The minimum Gasteiger partial charge on any atom is -0.452 e. The normalized spacial score (nSPS) is 23.1. The summed E-state index contributed by atoms with van der Waals surface area (Å²) in [7, 11) is 0. The number of aromatic nitrogens is 1. The number of carbonyl (C=O) groups excluding carboxylic acids is 2. The maximum absolute atomic E-state index is 12.6. The van der Waals surface area contributed by atoms with Crippen LogP contribution in [0.25, 0.3) is 0 Å².